The van der Waals surface area contributed by atoms with Gasteiger partial charge in [0.25, 0.3) is 0 Å². The number of rotatable bonds is 5. The molecule has 1 aliphatic rings. The van der Waals surface area contributed by atoms with Crippen molar-refractivity contribution in [2.24, 2.45) is 5.92 Å². The molecule has 0 amide bonds. The molecule has 1 fully saturated rings. The molecule has 0 atom stereocenters. The number of nitrogens with zero attached hydrogens (tertiary/aromatic N) is 3. The minimum atomic E-state index is -0.650. The Morgan fingerprint density at radius 1 is 0.906 bits per heavy atom. The van der Waals surface area contributed by atoms with Crippen molar-refractivity contribution >= 4 is 11.0 Å². The summed E-state index contributed by atoms with van der Waals surface area (Å²) in [6.45, 7) is 0.956. The molecule has 0 unspecified atom stereocenters. The first-order chi connectivity index (χ1) is 15.7. The van der Waals surface area contributed by atoms with Gasteiger partial charge in [0.15, 0.2) is 0 Å². The Hall–Kier alpha value is -3.80. The van der Waals surface area contributed by atoms with Crippen molar-refractivity contribution in [1.29, 1.82) is 0 Å². The number of aromatic amines is 1. The van der Waals surface area contributed by atoms with E-state index < -0.39 is 11.6 Å². The van der Waals surface area contributed by atoms with Gasteiger partial charge >= 0.3 is 0 Å². The molecular formula is C26H20F2N4. The largest absolute Gasteiger partial charge is 0.337 e. The highest BCUT2D eigenvalue weighted by molar-refractivity contribution is 5.87. The zero-order chi connectivity index (χ0) is 21.7. The molecule has 4 nitrogen and oxygen atoms in total. The van der Waals surface area contributed by atoms with Crippen molar-refractivity contribution in [3.63, 3.8) is 0 Å². The van der Waals surface area contributed by atoms with E-state index >= 15 is 0 Å². The van der Waals surface area contributed by atoms with E-state index in [2.05, 4.69) is 25.6 Å². The topological polar surface area (TPSA) is 46.5 Å². The van der Waals surface area contributed by atoms with Crippen LogP contribution in [0.5, 0.6) is 0 Å². The van der Waals surface area contributed by atoms with Gasteiger partial charge in [-0.05, 0) is 43.0 Å². The lowest BCUT2D eigenvalue weighted by Gasteiger charge is -2.06. The quantitative estimate of drug-likeness (QED) is 0.351. The van der Waals surface area contributed by atoms with E-state index in [1.807, 2.05) is 48.8 Å². The lowest BCUT2D eigenvalue weighted by atomic mass is 10.0. The summed E-state index contributed by atoms with van der Waals surface area (Å²) in [4.78, 5) is 12.4. The molecule has 5 aromatic rings. The molecule has 1 aliphatic carbocycles. The van der Waals surface area contributed by atoms with Crippen molar-refractivity contribution in [2.45, 2.75) is 19.4 Å². The SMILES string of the molecule is Fc1cccc(F)c1-c1nc(-c2ccc3ncn(CC4CC4)c3c2)c(-c2ccccc2)[nH]1. The second kappa shape index (κ2) is 7.41. The molecule has 6 rings (SSSR count). The minimum Gasteiger partial charge on any atom is -0.337 e. The molecule has 1 N–H and O–H groups in total. The van der Waals surface area contributed by atoms with Gasteiger partial charge in [0.2, 0.25) is 0 Å². The molecule has 0 aliphatic heterocycles. The predicted molar refractivity (Wildman–Crippen MR) is 121 cm³/mol. The summed E-state index contributed by atoms with van der Waals surface area (Å²) in [6.07, 6.45) is 4.40. The van der Waals surface area contributed by atoms with E-state index in [1.165, 1.54) is 31.0 Å². The molecule has 6 heteroatoms. The van der Waals surface area contributed by atoms with E-state index in [4.69, 9.17) is 0 Å². The first-order valence-electron chi connectivity index (χ1n) is 10.7. The summed E-state index contributed by atoms with van der Waals surface area (Å²) in [5.74, 6) is -0.413. The monoisotopic (exact) mass is 426 g/mol. The molecule has 1 saturated carbocycles. The van der Waals surface area contributed by atoms with Gasteiger partial charge in [0, 0.05) is 17.7 Å². The first-order valence-corrected chi connectivity index (χ1v) is 10.7. The third-order valence-corrected chi connectivity index (χ3v) is 6.01. The number of hydrogen-bond donors (Lipinski definition) is 1. The van der Waals surface area contributed by atoms with Crippen LogP contribution in [0, 0.1) is 17.6 Å². The first kappa shape index (κ1) is 18.9. The molecule has 0 bridgehead atoms. The smallest absolute Gasteiger partial charge is 0.144 e. The van der Waals surface area contributed by atoms with Gasteiger partial charge < -0.3 is 9.55 Å². The number of fused-ring (bicyclic) bond motifs is 1. The maximum Gasteiger partial charge on any atom is 0.144 e. The highest BCUT2D eigenvalue weighted by Crippen LogP contribution is 2.36. The average Bonchev–Trinajstić information content (AvgIpc) is 3.38. The van der Waals surface area contributed by atoms with Crippen LogP contribution in [-0.4, -0.2) is 19.5 Å². The van der Waals surface area contributed by atoms with Crippen LogP contribution in [0.25, 0.3) is 44.9 Å². The van der Waals surface area contributed by atoms with Crippen molar-refractivity contribution in [2.75, 3.05) is 0 Å². The summed E-state index contributed by atoms with van der Waals surface area (Å²) in [5.41, 5.74) is 4.93. The van der Waals surface area contributed by atoms with Gasteiger partial charge in [-0.1, -0.05) is 42.5 Å². The average molecular weight is 426 g/mol. The van der Waals surface area contributed by atoms with E-state index in [-0.39, 0.29) is 11.4 Å². The Labute approximate surface area is 183 Å². The molecule has 0 radical (unpaired) electrons. The van der Waals surface area contributed by atoms with Crippen LogP contribution in [0.15, 0.2) is 73.1 Å². The van der Waals surface area contributed by atoms with Crippen molar-refractivity contribution in [3.05, 3.63) is 84.7 Å². The van der Waals surface area contributed by atoms with Gasteiger partial charge in [0.1, 0.15) is 17.5 Å². The zero-order valence-corrected chi connectivity index (χ0v) is 17.2. The number of nitrogens with one attached hydrogen (secondary N) is 1. The molecule has 0 saturated heterocycles. The molecule has 0 spiro atoms. The molecule has 158 valence electrons. The van der Waals surface area contributed by atoms with E-state index in [0.717, 1.165) is 40.3 Å². The fourth-order valence-electron chi connectivity index (χ4n) is 4.17. The molecule has 32 heavy (non-hydrogen) atoms. The molecular weight excluding hydrogens is 406 g/mol. The van der Waals surface area contributed by atoms with Gasteiger partial charge in [-0.25, -0.2) is 18.7 Å². The standard InChI is InChI=1S/C26H20F2N4/c27-19-7-4-8-20(28)23(19)26-30-24(17-5-2-1-3-6-17)25(31-26)18-11-12-21-22(13-18)32(15-29-21)14-16-9-10-16/h1-8,11-13,15-16H,9-10,14H2,(H,30,31). The number of aromatic nitrogens is 4. The van der Waals surface area contributed by atoms with Crippen molar-refractivity contribution in [3.8, 4) is 33.9 Å². The lowest BCUT2D eigenvalue weighted by molar-refractivity contribution is 0.588. The molecule has 2 heterocycles. The van der Waals surface area contributed by atoms with E-state index in [0.29, 0.717) is 5.69 Å². The lowest BCUT2D eigenvalue weighted by Crippen LogP contribution is -1.97. The van der Waals surface area contributed by atoms with Crippen molar-refractivity contribution in [1.82, 2.24) is 19.5 Å². The Kier molecular flexibility index (Phi) is 4.38. The number of halogens is 2. The molecule has 2 aromatic heterocycles. The maximum absolute atomic E-state index is 14.5. The second-order valence-corrected chi connectivity index (χ2v) is 8.32. The normalized spacial score (nSPS) is 13.7. The van der Waals surface area contributed by atoms with Gasteiger partial charge in [-0.2, -0.15) is 0 Å². The summed E-state index contributed by atoms with van der Waals surface area (Å²) in [5, 5.41) is 0. The van der Waals surface area contributed by atoms with Crippen LogP contribution in [-0.2, 0) is 6.54 Å². The van der Waals surface area contributed by atoms with Crippen molar-refractivity contribution < 1.29 is 8.78 Å². The maximum atomic E-state index is 14.5. The van der Waals surface area contributed by atoms with Gasteiger partial charge in [0.05, 0.1) is 34.3 Å². The number of benzene rings is 3. The van der Waals surface area contributed by atoms with Gasteiger partial charge in [-0.3, -0.25) is 0 Å². The van der Waals surface area contributed by atoms with Crippen LogP contribution in [0.2, 0.25) is 0 Å². The predicted octanol–water partition coefficient (Wildman–Crippen LogP) is 6.45. The summed E-state index contributed by atoms with van der Waals surface area (Å²) in [6, 6.07) is 19.5. The second-order valence-electron chi connectivity index (χ2n) is 8.32. The highest BCUT2D eigenvalue weighted by Gasteiger charge is 2.23. The zero-order valence-electron chi connectivity index (χ0n) is 17.2. The van der Waals surface area contributed by atoms with E-state index in [9.17, 15) is 8.78 Å². The fourth-order valence-corrected chi connectivity index (χ4v) is 4.17. The molecule has 3 aromatic carbocycles. The highest BCUT2D eigenvalue weighted by atomic mass is 19.1. The Bertz CT molecular complexity index is 1410. The summed E-state index contributed by atoms with van der Waals surface area (Å²) < 4.78 is 31.2. The number of H-pyrrole nitrogens is 1. The summed E-state index contributed by atoms with van der Waals surface area (Å²) in [7, 11) is 0. The Morgan fingerprint density at radius 3 is 2.44 bits per heavy atom. The van der Waals surface area contributed by atoms with E-state index in [1.54, 1.807) is 0 Å². The van der Waals surface area contributed by atoms with Crippen LogP contribution >= 0.6 is 0 Å². The van der Waals surface area contributed by atoms with Crippen LogP contribution in [0.4, 0.5) is 8.78 Å². The number of imidazole rings is 2. The number of hydrogen-bond acceptors (Lipinski definition) is 2. The third-order valence-electron chi connectivity index (χ3n) is 6.01. The van der Waals surface area contributed by atoms with Crippen LogP contribution in [0.1, 0.15) is 12.8 Å². The Balaban J connectivity index is 1.54. The fraction of sp³-hybridized carbons (Fsp3) is 0.154. The van der Waals surface area contributed by atoms with Crippen LogP contribution < -0.4 is 0 Å². The van der Waals surface area contributed by atoms with Crippen LogP contribution in [0.3, 0.4) is 0 Å². The summed E-state index contributed by atoms with van der Waals surface area (Å²) >= 11 is 0. The minimum absolute atomic E-state index is 0.157. The van der Waals surface area contributed by atoms with Gasteiger partial charge in [-0.15, -0.1) is 0 Å². The third kappa shape index (κ3) is 3.28. The Morgan fingerprint density at radius 2 is 1.69 bits per heavy atom.